The summed E-state index contributed by atoms with van der Waals surface area (Å²) < 4.78 is 0. The van der Waals surface area contributed by atoms with Gasteiger partial charge in [0.15, 0.2) is 0 Å². The molecule has 0 bridgehead atoms. The summed E-state index contributed by atoms with van der Waals surface area (Å²) in [5, 5.41) is 0. The number of hydrogen-bond acceptors (Lipinski definition) is 4. The number of hydrogen-bond donors (Lipinski definition) is 0. The molecule has 24 heavy (non-hydrogen) atoms. The minimum Gasteiger partial charge on any atom is -0.300 e. The number of Topliss-reactive ketones (excluding diaryl/α,β-unsaturated/α-hetero) is 4. The maximum atomic E-state index is 13.1. The SMILES string of the molecule is CC(=O)CC[C@]1(C)C(=O)CC[C@H]2[C@@H]3CCCC(=O)[C@@]3(C)CC(=O)[C@@H]21. The Morgan fingerprint density at radius 1 is 1.08 bits per heavy atom. The zero-order valence-corrected chi connectivity index (χ0v) is 15.0. The van der Waals surface area contributed by atoms with Gasteiger partial charge in [-0.05, 0) is 44.4 Å². The maximum Gasteiger partial charge on any atom is 0.139 e. The molecule has 0 aliphatic heterocycles. The van der Waals surface area contributed by atoms with Crippen LogP contribution in [0.25, 0.3) is 0 Å². The Morgan fingerprint density at radius 3 is 2.46 bits per heavy atom. The van der Waals surface area contributed by atoms with Gasteiger partial charge in [-0.3, -0.25) is 14.4 Å². The van der Waals surface area contributed by atoms with E-state index < -0.39 is 10.8 Å². The summed E-state index contributed by atoms with van der Waals surface area (Å²) in [5.41, 5.74) is -1.26. The molecule has 4 heteroatoms. The molecular formula is C20H28O4. The molecule has 0 N–H and O–H groups in total. The van der Waals surface area contributed by atoms with Crippen molar-refractivity contribution in [2.45, 2.75) is 72.1 Å². The lowest BCUT2D eigenvalue weighted by molar-refractivity contribution is -0.166. The van der Waals surface area contributed by atoms with Crippen LogP contribution in [0.3, 0.4) is 0 Å². The lowest BCUT2D eigenvalue weighted by Crippen LogP contribution is -2.59. The van der Waals surface area contributed by atoms with Crippen LogP contribution in [-0.4, -0.2) is 23.1 Å². The molecule has 0 heterocycles. The molecule has 0 saturated heterocycles. The Hall–Kier alpha value is -1.32. The van der Waals surface area contributed by atoms with Gasteiger partial charge in [0.2, 0.25) is 0 Å². The first kappa shape index (κ1) is 17.5. The molecule has 0 aromatic rings. The highest BCUT2D eigenvalue weighted by Gasteiger charge is 2.61. The normalized spacial score (nSPS) is 42.5. The molecule has 0 unspecified atom stereocenters. The van der Waals surface area contributed by atoms with Crippen molar-refractivity contribution in [2.75, 3.05) is 0 Å². The fourth-order valence-corrected chi connectivity index (χ4v) is 5.84. The van der Waals surface area contributed by atoms with Crippen molar-refractivity contribution in [1.29, 1.82) is 0 Å². The Labute approximate surface area is 143 Å². The van der Waals surface area contributed by atoms with Crippen LogP contribution in [-0.2, 0) is 19.2 Å². The smallest absolute Gasteiger partial charge is 0.139 e. The summed E-state index contributed by atoms with van der Waals surface area (Å²) in [6.07, 6.45) is 4.74. The van der Waals surface area contributed by atoms with Crippen molar-refractivity contribution in [3.63, 3.8) is 0 Å². The van der Waals surface area contributed by atoms with Crippen molar-refractivity contribution < 1.29 is 19.2 Å². The molecule has 0 amide bonds. The summed E-state index contributed by atoms with van der Waals surface area (Å²) in [7, 11) is 0. The molecule has 5 atom stereocenters. The lowest BCUT2D eigenvalue weighted by Gasteiger charge is -2.56. The Kier molecular flexibility index (Phi) is 4.29. The number of fused-ring (bicyclic) bond motifs is 3. The second-order valence-corrected chi connectivity index (χ2v) is 8.71. The van der Waals surface area contributed by atoms with Crippen LogP contribution < -0.4 is 0 Å². The van der Waals surface area contributed by atoms with E-state index >= 15 is 0 Å². The second kappa shape index (κ2) is 5.89. The van der Waals surface area contributed by atoms with E-state index in [-0.39, 0.29) is 47.3 Å². The maximum absolute atomic E-state index is 13.1. The monoisotopic (exact) mass is 332 g/mol. The van der Waals surface area contributed by atoms with E-state index in [1.165, 1.54) is 6.92 Å². The third kappa shape index (κ3) is 2.49. The van der Waals surface area contributed by atoms with E-state index in [1.54, 1.807) is 0 Å². The lowest BCUT2D eigenvalue weighted by atomic mass is 9.45. The van der Waals surface area contributed by atoms with Gasteiger partial charge in [-0.25, -0.2) is 0 Å². The van der Waals surface area contributed by atoms with Gasteiger partial charge in [0.1, 0.15) is 23.1 Å². The van der Waals surface area contributed by atoms with Gasteiger partial charge in [-0.1, -0.05) is 13.8 Å². The van der Waals surface area contributed by atoms with Crippen LogP contribution >= 0.6 is 0 Å². The van der Waals surface area contributed by atoms with Gasteiger partial charge >= 0.3 is 0 Å². The molecule has 4 nitrogen and oxygen atoms in total. The average molecular weight is 332 g/mol. The Morgan fingerprint density at radius 2 is 1.79 bits per heavy atom. The van der Waals surface area contributed by atoms with E-state index in [9.17, 15) is 19.2 Å². The fraction of sp³-hybridized carbons (Fsp3) is 0.800. The predicted molar refractivity (Wildman–Crippen MR) is 89.3 cm³/mol. The molecular weight excluding hydrogens is 304 g/mol. The van der Waals surface area contributed by atoms with Crippen LogP contribution in [0.2, 0.25) is 0 Å². The van der Waals surface area contributed by atoms with E-state index in [2.05, 4.69) is 0 Å². The summed E-state index contributed by atoms with van der Waals surface area (Å²) in [6, 6.07) is 0. The molecule has 132 valence electrons. The van der Waals surface area contributed by atoms with Crippen molar-refractivity contribution >= 4 is 23.1 Å². The largest absolute Gasteiger partial charge is 0.300 e. The highest BCUT2D eigenvalue weighted by Crippen LogP contribution is 2.59. The first-order chi connectivity index (χ1) is 11.2. The molecule has 3 saturated carbocycles. The van der Waals surface area contributed by atoms with Crippen LogP contribution in [0, 0.1) is 28.6 Å². The van der Waals surface area contributed by atoms with Gasteiger partial charge in [0, 0.05) is 42.4 Å². The summed E-state index contributed by atoms with van der Waals surface area (Å²) in [4.78, 5) is 49.8. The number of ketones is 4. The van der Waals surface area contributed by atoms with Crippen LogP contribution in [0.1, 0.15) is 72.1 Å². The molecule has 3 aliphatic carbocycles. The summed E-state index contributed by atoms with van der Waals surface area (Å²) in [5.74, 6) is 0.528. The highest BCUT2D eigenvalue weighted by molar-refractivity contribution is 5.98. The van der Waals surface area contributed by atoms with Crippen molar-refractivity contribution in [1.82, 2.24) is 0 Å². The number of rotatable bonds is 3. The Balaban J connectivity index is 1.97. The number of carbonyl (C=O) groups excluding carboxylic acids is 4. The zero-order valence-electron chi connectivity index (χ0n) is 15.0. The van der Waals surface area contributed by atoms with Crippen LogP contribution in [0.5, 0.6) is 0 Å². The van der Waals surface area contributed by atoms with Gasteiger partial charge in [-0.2, -0.15) is 0 Å². The van der Waals surface area contributed by atoms with Gasteiger partial charge in [0.05, 0.1) is 0 Å². The van der Waals surface area contributed by atoms with Gasteiger partial charge in [-0.15, -0.1) is 0 Å². The number of carbonyl (C=O) groups is 4. The van der Waals surface area contributed by atoms with E-state index in [1.807, 2.05) is 13.8 Å². The molecule has 0 aromatic heterocycles. The third-order valence-corrected chi connectivity index (χ3v) is 7.23. The quantitative estimate of drug-likeness (QED) is 0.795. The van der Waals surface area contributed by atoms with Crippen LogP contribution in [0.15, 0.2) is 0 Å². The van der Waals surface area contributed by atoms with E-state index in [4.69, 9.17) is 0 Å². The minimum absolute atomic E-state index is 0.0621. The fourth-order valence-electron chi connectivity index (χ4n) is 5.84. The molecule has 0 aromatic carbocycles. The molecule has 0 spiro atoms. The van der Waals surface area contributed by atoms with Crippen LogP contribution in [0.4, 0.5) is 0 Å². The third-order valence-electron chi connectivity index (χ3n) is 7.23. The van der Waals surface area contributed by atoms with Gasteiger partial charge < -0.3 is 4.79 Å². The summed E-state index contributed by atoms with van der Waals surface area (Å²) in [6.45, 7) is 5.39. The molecule has 3 fully saturated rings. The molecule has 3 rings (SSSR count). The standard InChI is InChI=1S/C20H28O4/c1-12(21)9-10-19(2)17(24)8-7-13-14-5-4-6-16(23)20(14,3)11-15(22)18(13)19/h13-14,18H,4-11H2,1-3H3/t13-,14-,18+,19+,20-/m0/s1. The van der Waals surface area contributed by atoms with Crippen molar-refractivity contribution in [2.24, 2.45) is 28.6 Å². The van der Waals surface area contributed by atoms with Gasteiger partial charge in [0.25, 0.3) is 0 Å². The minimum atomic E-state index is -0.729. The second-order valence-electron chi connectivity index (χ2n) is 8.71. The van der Waals surface area contributed by atoms with E-state index in [0.717, 1.165) is 19.3 Å². The first-order valence-electron chi connectivity index (χ1n) is 9.29. The predicted octanol–water partition coefficient (Wildman–Crippen LogP) is 3.31. The highest BCUT2D eigenvalue weighted by atomic mass is 16.1. The molecule has 0 radical (unpaired) electrons. The zero-order chi connectivity index (χ0) is 17.7. The van der Waals surface area contributed by atoms with Crippen molar-refractivity contribution in [3.8, 4) is 0 Å². The average Bonchev–Trinajstić information content (AvgIpc) is 2.50. The van der Waals surface area contributed by atoms with E-state index in [0.29, 0.717) is 25.7 Å². The Bertz CT molecular complexity index is 607. The van der Waals surface area contributed by atoms with Crippen molar-refractivity contribution in [3.05, 3.63) is 0 Å². The molecule has 3 aliphatic rings. The first-order valence-corrected chi connectivity index (χ1v) is 9.29. The topological polar surface area (TPSA) is 68.3 Å². The summed E-state index contributed by atoms with van der Waals surface area (Å²) >= 11 is 0.